The number of hydrogen-bond acceptors (Lipinski definition) is 5. The molecule has 0 aliphatic rings. The Morgan fingerprint density at radius 2 is 1.88 bits per heavy atom. The fourth-order valence-corrected chi connectivity index (χ4v) is 2.92. The zero-order valence-corrected chi connectivity index (χ0v) is 13.9. The molecule has 0 bridgehead atoms. The highest BCUT2D eigenvalue weighted by atomic mass is 16.5. The van der Waals surface area contributed by atoms with Crippen LogP contribution in [0, 0.1) is 0 Å². The number of aromatic nitrogens is 1. The van der Waals surface area contributed by atoms with Crippen LogP contribution < -0.4 is 14.8 Å². The van der Waals surface area contributed by atoms with Crippen LogP contribution in [-0.2, 0) is 0 Å². The van der Waals surface area contributed by atoms with Gasteiger partial charge in [0.1, 0.15) is 22.8 Å². The maximum absolute atomic E-state index is 10.7. The van der Waals surface area contributed by atoms with Crippen LogP contribution >= 0.6 is 0 Å². The molecule has 3 rings (SSSR count). The smallest absolute Gasteiger partial charge is 0.146 e. The molecule has 0 amide bonds. The summed E-state index contributed by atoms with van der Waals surface area (Å²) in [5.74, 6) is 1.61. The van der Waals surface area contributed by atoms with Gasteiger partial charge in [0.15, 0.2) is 0 Å². The Morgan fingerprint density at radius 3 is 2.58 bits per heavy atom. The number of aromatic hydroxyl groups is 1. The molecule has 2 aromatic carbocycles. The first-order valence-corrected chi connectivity index (χ1v) is 7.65. The average Bonchev–Trinajstić information content (AvgIpc) is 2.64. The molecule has 0 aliphatic carbocycles. The number of phenolic OH excluding ortho intramolecular Hbond substituents is 1. The van der Waals surface area contributed by atoms with Crippen molar-refractivity contribution in [1.82, 2.24) is 10.3 Å². The highest BCUT2D eigenvalue weighted by Crippen LogP contribution is 2.38. The van der Waals surface area contributed by atoms with Gasteiger partial charge in [0, 0.05) is 22.7 Å². The van der Waals surface area contributed by atoms with E-state index in [1.54, 1.807) is 20.4 Å². The van der Waals surface area contributed by atoms with Gasteiger partial charge in [-0.25, -0.2) is 0 Å². The van der Waals surface area contributed by atoms with E-state index in [0.717, 1.165) is 28.0 Å². The largest absolute Gasteiger partial charge is 0.505 e. The maximum Gasteiger partial charge on any atom is 0.146 e. The number of methoxy groups -OCH3 is 2. The first-order chi connectivity index (χ1) is 11.7. The molecule has 5 nitrogen and oxygen atoms in total. The van der Waals surface area contributed by atoms with Crippen molar-refractivity contribution in [1.29, 1.82) is 0 Å². The molecule has 0 radical (unpaired) electrons. The second-order valence-corrected chi connectivity index (χ2v) is 5.41. The lowest BCUT2D eigenvalue weighted by molar-refractivity contribution is 0.394. The van der Waals surface area contributed by atoms with Crippen molar-refractivity contribution in [2.24, 2.45) is 0 Å². The van der Waals surface area contributed by atoms with E-state index in [9.17, 15) is 5.11 Å². The van der Waals surface area contributed by atoms with Crippen molar-refractivity contribution >= 4 is 10.9 Å². The molecule has 1 unspecified atom stereocenters. The van der Waals surface area contributed by atoms with Crippen LogP contribution in [0.4, 0.5) is 0 Å². The Labute approximate surface area is 140 Å². The molecule has 5 heteroatoms. The quantitative estimate of drug-likeness (QED) is 0.754. The summed E-state index contributed by atoms with van der Waals surface area (Å²) in [6, 6.07) is 13.0. The van der Waals surface area contributed by atoms with E-state index < -0.39 is 0 Å². The van der Waals surface area contributed by atoms with Crippen LogP contribution in [0.25, 0.3) is 10.9 Å². The van der Waals surface area contributed by atoms with Gasteiger partial charge in [-0.15, -0.1) is 0 Å². The number of nitrogens with one attached hydrogen (secondary N) is 1. The first kappa shape index (κ1) is 16.1. The monoisotopic (exact) mass is 324 g/mol. The third kappa shape index (κ3) is 2.74. The first-order valence-electron chi connectivity index (χ1n) is 7.65. The van der Waals surface area contributed by atoms with Gasteiger partial charge in [-0.2, -0.15) is 0 Å². The van der Waals surface area contributed by atoms with Crippen LogP contribution in [0.15, 0.2) is 48.7 Å². The van der Waals surface area contributed by atoms with Crippen molar-refractivity contribution in [2.45, 2.75) is 6.04 Å². The molecule has 0 fully saturated rings. The Kier molecular flexibility index (Phi) is 4.53. The SMILES string of the molecule is CNC(c1cc(OC)ccc1OC)c1ccc2cccnc2c1O. The van der Waals surface area contributed by atoms with E-state index in [-0.39, 0.29) is 11.8 Å². The maximum atomic E-state index is 10.7. The van der Waals surface area contributed by atoms with Gasteiger partial charge in [-0.05, 0) is 31.3 Å². The summed E-state index contributed by atoms with van der Waals surface area (Å²) in [5.41, 5.74) is 2.19. The lowest BCUT2D eigenvalue weighted by Crippen LogP contribution is -2.19. The average molecular weight is 324 g/mol. The van der Waals surface area contributed by atoms with Gasteiger partial charge in [0.05, 0.1) is 20.3 Å². The van der Waals surface area contributed by atoms with Crippen LogP contribution in [0.1, 0.15) is 17.2 Å². The Morgan fingerprint density at radius 1 is 1.04 bits per heavy atom. The second kappa shape index (κ2) is 6.76. The van der Waals surface area contributed by atoms with Crippen LogP contribution in [0.3, 0.4) is 0 Å². The van der Waals surface area contributed by atoms with Gasteiger partial charge in [-0.3, -0.25) is 4.98 Å². The number of benzene rings is 2. The third-order valence-electron chi connectivity index (χ3n) is 4.13. The lowest BCUT2D eigenvalue weighted by atomic mass is 9.95. The van der Waals surface area contributed by atoms with Gasteiger partial charge in [-0.1, -0.05) is 18.2 Å². The van der Waals surface area contributed by atoms with Crippen molar-refractivity contribution in [3.8, 4) is 17.2 Å². The van der Waals surface area contributed by atoms with Gasteiger partial charge in [0.2, 0.25) is 0 Å². The molecule has 1 atom stereocenters. The third-order valence-corrected chi connectivity index (χ3v) is 4.13. The summed E-state index contributed by atoms with van der Waals surface area (Å²) in [6.07, 6.45) is 1.67. The molecule has 0 aliphatic heterocycles. The van der Waals surface area contributed by atoms with Crippen LogP contribution in [0.5, 0.6) is 17.2 Å². The number of ether oxygens (including phenoxy) is 2. The highest BCUT2D eigenvalue weighted by molar-refractivity contribution is 5.85. The zero-order valence-electron chi connectivity index (χ0n) is 13.9. The fraction of sp³-hybridized carbons (Fsp3) is 0.211. The molecule has 1 aromatic heterocycles. The molecule has 24 heavy (non-hydrogen) atoms. The molecule has 3 aromatic rings. The molecular formula is C19H20N2O3. The standard InChI is InChI=1S/C19H20N2O3/c1-20-18(15-11-13(23-2)7-9-16(15)24-3)14-8-6-12-5-4-10-21-17(12)19(14)22/h4-11,18,20,22H,1-3H3. The van der Waals surface area contributed by atoms with Crippen LogP contribution in [-0.4, -0.2) is 31.4 Å². The number of fused-ring (bicyclic) bond motifs is 1. The predicted molar refractivity (Wildman–Crippen MR) is 93.9 cm³/mol. The fourth-order valence-electron chi connectivity index (χ4n) is 2.92. The van der Waals surface area contributed by atoms with E-state index in [1.807, 2.05) is 49.5 Å². The Balaban J connectivity index is 2.18. The highest BCUT2D eigenvalue weighted by Gasteiger charge is 2.22. The summed E-state index contributed by atoms with van der Waals surface area (Å²) in [7, 11) is 5.09. The minimum absolute atomic E-state index is 0.164. The number of rotatable bonds is 5. The lowest BCUT2D eigenvalue weighted by Gasteiger charge is -2.22. The topological polar surface area (TPSA) is 63.6 Å². The molecule has 0 spiro atoms. The predicted octanol–water partition coefficient (Wildman–Crippen LogP) is 3.27. The van der Waals surface area contributed by atoms with Crippen molar-refractivity contribution < 1.29 is 14.6 Å². The number of pyridine rings is 1. The summed E-state index contributed by atoms with van der Waals surface area (Å²) < 4.78 is 10.8. The zero-order chi connectivity index (χ0) is 17.1. The Bertz CT molecular complexity index is 864. The van der Waals surface area contributed by atoms with Crippen molar-refractivity contribution in [3.05, 3.63) is 59.8 Å². The normalized spacial score (nSPS) is 12.1. The van der Waals surface area contributed by atoms with E-state index in [2.05, 4.69) is 10.3 Å². The van der Waals surface area contributed by atoms with Gasteiger partial charge in [0.25, 0.3) is 0 Å². The summed E-state index contributed by atoms with van der Waals surface area (Å²) in [5, 5.41) is 14.9. The molecule has 2 N–H and O–H groups in total. The number of nitrogens with zero attached hydrogens (tertiary/aromatic N) is 1. The Hall–Kier alpha value is -2.79. The van der Waals surface area contributed by atoms with Gasteiger partial charge < -0.3 is 19.9 Å². The summed E-state index contributed by atoms with van der Waals surface area (Å²) in [4.78, 5) is 4.29. The van der Waals surface area contributed by atoms with E-state index in [4.69, 9.17) is 9.47 Å². The van der Waals surface area contributed by atoms with E-state index in [0.29, 0.717) is 5.52 Å². The van der Waals surface area contributed by atoms with E-state index in [1.165, 1.54) is 0 Å². The minimum Gasteiger partial charge on any atom is -0.505 e. The molecule has 0 saturated heterocycles. The second-order valence-electron chi connectivity index (χ2n) is 5.41. The van der Waals surface area contributed by atoms with Crippen LogP contribution in [0.2, 0.25) is 0 Å². The molecular weight excluding hydrogens is 304 g/mol. The number of hydrogen-bond donors (Lipinski definition) is 2. The van der Waals surface area contributed by atoms with E-state index >= 15 is 0 Å². The summed E-state index contributed by atoms with van der Waals surface area (Å²) >= 11 is 0. The molecule has 1 heterocycles. The van der Waals surface area contributed by atoms with Crippen molar-refractivity contribution in [2.75, 3.05) is 21.3 Å². The molecule has 124 valence electrons. The minimum atomic E-state index is -0.263. The number of phenols is 1. The van der Waals surface area contributed by atoms with Crippen molar-refractivity contribution in [3.63, 3.8) is 0 Å². The molecule has 0 saturated carbocycles. The van der Waals surface area contributed by atoms with Gasteiger partial charge >= 0.3 is 0 Å². The summed E-state index contributed by atoms with van der Waals surface area (Å²) in [6.45, 7) is 0.